The maximum atomic E-state index is 13.1. The molecule has 1 saturated heterocycles. The minimum atomic E-state index is -1.13. The van der Waals surface area contributed by atoms with Gasteiger partial charge in [0.2, 0.25) is 5.91 Å². The number of hydrogen-bond acceptors (Lipinski definition) is 7. The zero-order chi connectivity index (χ0) is 22.4. The van der Waals surface area contributed by atoms with Crippen molar-refractivity contribution >= 4 is 35.6 Å². The lowest BCUT2D eigenvalue weighted by Crippen LogP contribution is -2.56. The third-order valence-corrected chi connectivity index (χ3v) is 7.10. The van der Waals surface area contributed by atoms with Crippen molar-refractivity contribution in [1.29, 1.82) is 0 Å². The average Bonchev–Trinajstić information content (AvgIpc) is 3.09. The number of carboxylic acids is 2. The molecule has 2 rings (SSSR count). The van der Waals surface area contributed by atoms with E-state index in [-0.39, 0.29) is 30.2 Å². The molecule has 0 bridgehead atoms. The SMILES string of the molecule is CCOC(=O)C(C)SC[C@H](N[C@@H](C)C(=O)N1[C@H](C(=O)O)C[C@H]2CCCC[C@@H]21)C(=O)O. The number of carbonyl (C=O) groups is 4. The predicted octanol–water partition coefficient (Wildman–Crippen LogP) is 1.35. The van der Waals surface area contributed by atoms with Crippen molar-refractivity contribution in [1.82, 2.24) is 10.2 Å². The van der Waals surface area contributed by atoms with Crippen LogP contribution in [0.2, 0.25) is 0 Å². The third-order valence-electron chi connectivity index (χ3n) is 5.88. The first-order valence-electron chi connectivity index (χ1n) is 10.5. The molecule has 0 aromatic rings. The van der Waals surface area contributed by atoms with Gasteiger partial charge in [0.1, 0.15) is 12.1 Å². The Kier molecular flexibility index (Phi) is 8.96. The number of amides is 1. The fourth-order valence-electron chi connectivity index (χ4n) is 4.35. The summed E-state index contributed by atoms with van der Waals surface area (Å²) in [6, 6.07) is -2.87. The quantitative estimate of drug-likeness (QED) is 0.427. The highest BCUT2D eigenvalue weighted by molar-refractivity contribution is 8.00. The standard InChI is InChI=1S/C20H32N2O7S/c1-4-29-20(28)12(3)30-10-14(18(24)25)21-11(2)17(23)22-15-8-6-5-7-13(15)9-16(22)19(26)27/h11-16,21H,4-10H2,1-3H3,(H,24,25)(H,26,27)/t11-,12?,13+,14-,15-,16-/m0/s1. The Morgan fingerprint density at radius 1 is 1.17 bits per heavy atom. The fourth-order valence-corrected chi connectivity index (χ4v) is 5.28. The maximum absolute atomic E-state index is 13.1. The van der Waals surface area contributed by atoms with Crippen molar-refractivity contribution in [2.75, 3.05) is 12.4 Å². The second kappa shape index (κ2) is 11.0. The number of carbonyl (C=O) groups excluding carboxylic acids is 2. The van der Waals surface area contributed by atoms with E-state index in [1.54, 1.807) is 20.8 Å². The number of rotatable bonds is 10. The lowest BCUT2D eigenvalue weighted by atomic mass is 9.84. The number of carboxylic acid groups (broad SMARTS) is 2. The number of esters is 1. The molecular weight excluding hydrogens is 412 g/mol. The summed E-state index contributed by atoms with van der Waals surface area (Å²) in [5.41, 5.74) is 0. The van der Waals surface area contributed by atoms with Crippen LogP contribution < -0.4 is 5.32 Å². The smallest absolute Gasteiger partial charge is 0.326 e. The molecule has 2 aliphatic rings. The van der Waals surface area contributed by atoms with Gasteiger partial charge in [-0.1, -0.05) is 12.8 Å². The van der Waals surface area contributed by atoms with Gasteiger partial charge < -0.3 is 19.8 Å². The van der Waals surface area contributed by atoms with Gasteiger partial charge in [-0.3, -0.25) is 19.7 Å². The summed E-state index contributed by atoms with van der Waals surface area (Å²) in [5.74, 6) is -2.69. The minimum Gasteiger partial charge on any atom is -0.480 e. The van der Waals surface area contributed by atoms with Gasteiger partial charge in [0.15, 0.2) is 0 Å². The number of fused-ring (bicyclic) bond motifs is 1. The van der Waals surface area contributed by atoms with Crippen LogP contribution in [0.25, 0.3) is 0 Å². The summed E-state index contributed by atoms with van der Waals surface area (Å²) >= 11 is 1.13. The molecule has 6 atom stereocenters. The van der Waals surface area contributed by atoms with E-state index in [0.717, 1.165) is 37.4 Å². The molecule has 170 valence electrons. The molecule has 1 saturated carbocycles. The van der Waals surface area contributed by atoms with E-state index in [1.807, 2.05) is 0 Å². The van der Waals surface area contributed by atoms with Gasteiger partial charge in [0.25, 0.3) is 0 Å². The average molecular weight is 445 g/mol. The van der Waals surface area contributed by atoms with Gasteiger partial charge in [0, 0.05) is 11.8 Å². The molecule has 1 aliphatic carbocycles. The van der Waals surface area contributed by atoms with Crippen LogP contribution in [-0.4, -0.2) is 80.7 Å². The Labute approximate surface area is 180 Å². The van der Waals surface area contributed by atoms with Gasteiger partial charge in [-0.05, 0) is 46.0 Å². The Morgan fingerprint density at radius 3 is 2.43 bits per heavy atom. The second-order valence-corrected chi connectivity index (χ2v) is 9.33. The third kappa shape index (κ3) is 5.87. The normalized spacial score (nSPS) is 26.4. The number of aliphatic carboxylic acids is 2. The summed E-state index contributed by atoms with van der Waals surface area (Å²) < 4.78 is 4.92. The van der Waals surface area contributed by atoms with Crippen molar-refractivity contribution in [3.8, 4) is 0 Å². The highest BCUT2D eigenvalue weighted by atomic mass is 32.2. The summed E-state index contributed by atoms with van der Waals surface area (Å²) in [6.07, 6.45) is 4.15. The minimum absolute atomic E-state index is 0.0708. The molecule has 0 radical (unpaired) electrons. The van der Waals surface area contributed by atoms with E-state index in [2.05, 4.69) is 5.32 Å². The van der Waals surface area contributed by atoms with E-state index in [0.29, 0.717) is 6.42 Å². The molecule has 1 unspecified atom stereocenters. The van der Waals surface area contributed by atoms with Gasteiger partial charge in [-0.2, -0.15) is 0 Å². The fraction of sp³-hybridized carbons (Fsp3) is 0.800. The van der Waals surface area contributed by atoms with Crippen LogP contribution in [0.15, 0.2) is 0 Å². The van der Waals surface area contributed by atoms with E-state index in [9.17, 15) is 29.4 Å². The monoisotopic (exact) mass is 444 g/mol. The molecule has 2 fully saturated rings. The maximum Gasteiger partial charge on any atom is 0.326 e. The van der Waals surface area contributed by atoms with Crippen LogP contribution in [0, 0.1) is 5.92 Å². The highest BCUT2D eigenvalue weighted by Crippen LogP contribution is 2.40. The van der Waals surface area contributed by atoms with Crippen molar-refractivity contribution in [3.63, 3.8) is 0 Å². The van der Waals surface area contributed by atoms with E-state index in [4.69, 9.17) is 4.74 Å². The predicted molar refractivity (Wildman–Crippen MR) is 111 cm³/mol. The number of nitrogens with zero attached hydrogens (tertiary/aromatic N) is 1. The zero-order valence-electron chi connectivity index (χ0n) is 17.7. The molecule has 0 aromatic heterocycles. The molecule has 30 heavy (non-hydrogen) atoms. The lowest BCUT2D eigenvalue weighted by molar-refractivity contribution is -0.151. The van der Waals surface area contributed by atoms with Gasteiger partial charge in [-0.15, -0.1) is 11.8 Å². The Balaban J connectivity index is 2.02. The van der Waals surface area contributed by atoms with Crippen LogP contribution >= 0.6 is 11.8 Å². The summed E-state index contributed by atoms with van der Waals surface area (Å²) in [6.45, 7) is 5.15. The lowest BCUT2D eigenvalue weighted by Gasteiger charge is -2.35. The van der Waals surface area contributed by atoms with Crippen LogP contribution in [-0.2, 0) is 23.9 Å². The van der Waals surface area contributed by atoms with Crippen LogP contribution in [0.5, 0.6) is 0 Å². The molecule has 10 heteroatoms. The Bertz CT molecular complexity index is 659. The molecule has 9 nitrogen and oxygen atoms in total. The number of nitrogens with one attached hydrogen (secondary N) is 1. The zero-order valence-corrected chi connectivity index (χ0v) is 18.5. The molecule has 1 aliphatic heterocycles. The van der Waals surface area contributed by atoms with E-state index >= 15 is 0 Å². The molecule has 0 spiro atoms. The molecule has 3 N–H and O–H groups in total. The summed E-state index contributed by atoms with van der Waals surface area (Å²) in [4.78, 5) is 49.8. The largest absolute Gasteiger partial charge is 0.480 e. The molecule has 1 heterocycles. The highest BCUT2D eigenvalue weighted by Gasteiger charge is 2.48. The van der Waals surface area contributed by atoms with Gasteiger partial charge in [0.05, 0.1) is 17.9 Å². The van der Waals surface area contributed by atoms with Gasteiger partial charge in [-0.25, -0.2) is 4.79 Å². The first-order valence-corrected chi connectivity index (χ1v) is 11.5. The van der Waals surface area contributed by atoms with Crippen molar-refractivity contribution in [2.45, 2.75) is 82.3 Å². The first kappa shape index (κ1) is 24.5. The van der Waals surface area contributed by atoms with Crippen LogP contribution in [0.1, 0.15) is 52.9 Å². The Morgan fingerprint density at radius 2 is 1.83 bits per heavy atom. The second-order valence-electron chi connectivity index (χ2n) is 7.95. The van der Waals surface area contributed by atoms with Gasteiger partial charge >= 0.3 is 17.9 Å². The van der Waals surface area contributed by atoms with E-state index < -0.39 is 41.3 Å². The Hall–Kier alpha value is -1.81. The van der Waals surface area contributed by atoms with Crippen molar-refractivity contribution in [3.05, 3.63) is 0 Å². The topological polar surface area (TPSA) is 133 Å². The van der Waals surface area contributed by atoms with Crippen molar-refractivity contribution < 1.29 is 34.1 Å². The summed E-state index contributed by atoms with van der Waals surface area (Å²) in [5, 5.41) is 21.4. The van der Waals surface area contributed by atoms with Crippen LogP contribution in [0.3, 0.4) is 0 Å². The molecular formula is C20H32N2O7S. The number of thioether (sulfide) groups is 1. The molecule has 1 amide bonds. The summed E-state index contributed by atoms with van der Waals surface area (Å²) in [7, 11) is 0. The number of ether oxygens (including phenoxy) is 1. The van der Waals surface area contributed by atoms with E-state index in [1.165, 1.54) is 4.90 Å². The number of hydrogen-bond donors (Lipinski definition) is 3. The van der Waals surface area contributed by atoms with Crippen LogP contribution in [0.4, 0.5) is 0 Å². The molecule has 0 aromatic carbocycles. The first-order chi connectivity index (χ1) is 14.2. The number of likely N-dealkylation sites (tertiary alicyclic amines) is 1. The van der Waals surface area contributed by atoms with Crippen molar-refractivity contribution in [2.24, 2.45) is 5.92 Å².